The molecular weight excluding hydrogens is 336 g/mol. The zero-order chi connectivity index (χ0) is 16.6. The van der Waals surface area contributed by atoms with Gasteiger partial charge in [-0.25, -0.2) is 9.69 Å². The molecule has 0 bridgehead atoms. The number of aryl methyl sites for hydroxylation is 1. The van der Waals surface area contributed by atoms with Crippen LogP contribution < -0.4 is 10.2 Å². The number of amides is 4. The molecule has 1 N–H and O–H groups in total. The lowest BCUT2D eigenvalue weighted by Crippen LogP contribution is -2.54. The van der Waals surface area contributed by atoms with Crippen LogP contribution in [0.4, 0.5) is 10.5 Å². The molecule has 7 heteroatoms. The molecule has 5 nitrogen and oxygen atoms in total. The summed E-state index contributed by atoms with van der Waals surface area (Å²) in [7, 11) is 0. The number of anilines is 1. The first kappa shape index (κ1) is 15.5. The highest BCUT2D eigenvalue weighted by Crippen LogP contribution is 2.26. The summed E-state index contributed by atoms with van der Waals surface area (Å²) in [6.45, 7) is 1.82. The summed E-state index contributed by atoms with van der Waals surface area (Å²) < 4.78 is 0. The number of nitrogens with one attached hydrogen (secondary N) is 1. The van der Waals surface area contributed by atoms with Crippen LogP contribution in [-0.2, 0) is 9.59 Å². The Labute approximate surface area is 141 Å². The molecule has 23 heavy (non-hydrogen) atoms. The van der Waals surface area contributed by atoms with Crippen molar-refractivity contribution in [2.24, 2.45) is 0 Å². The van der Waals surface area contributed by atoms with E-state index in [1.54, 1.807) is 23.6 Å². The number of carbonyl (C=O) groups is 3. The molecule has 0 atom stereocenters. The Hall–Kier alpha value is -2.44. The van der Waals surface area contributed by atoms with Gasteiger partial charge in [-0.05, 0) is 53.1 Å². The van der Waals surface area contributed by atoms with Gasteiger partial charge in [-0.1, -0.05) is 17.7 Å². The fourth-order valence-electron chi connectivity index (χ4n) is 2.14. The summed E-state index contributed by atoms with van der Waals surface area (Å²) >= 11 is 7.51. The Bertz CT molecular complexity index is 843. The van der Waals surface area contributed by atoms with Gasteiger partial charge in [-0.2, -0.15) is 11.3 Å². The average Bonchev–Trinajstić information content (AvgIpc) is 3.00. The van der Waals surface area contributed by atoms with Crippen molar-refractivity contribution in [3.05, 3.63) is 56.7 Å². The minimum absolute atomic E-state index is 0.0975. The first-order valence-corrected chi connectivity index (χ1v) is 7.99. The van der Waals surface area contributed by atoms with Crippen molar-refractivity contribution >= 4 is 52.5 Å². The van der Waals surface area contributed by atoms with Gasteiger partial charge < -0.3 is 0 Å². The van der Waals surface area contributed by atoms with Crippen LogP contribution in [0.2, 0.25) is 5.02 Å². The van der Waals surface area contributed by atoms with Crippen molar-refractivity contribution in [1.82, 2.24) is 5.32 Å². The molecule has 0 aliphatic carbocycles. The summed E-state index contributed by atoms with van der Waals surface area (Å²) in [5.74, 6) is -1.38. The predicted octanol–water partition coefficient (Wildman–Crippen LogP) is 3.38. The van der Waals surface area contributed by atoms with Crippen LogP contribution in [0.3, 0.4) is 0 Å². The average molecular weight is 347 g/mol. The number of halogens is 1. The van der Waals surface area contributed by atoms with Crippen molar-refractivity contribution in [1.29, 1.82) is 0 Å². The monoisotopic (exact) mass is 346 g/mol. The molecule has 2 aromatic rings. The van der Waals surface area contributed by atoms with E-state index in [1.807, 2.05) is 12.3 Å². The maximum atomic E-state index is 12.6. The smallest absolute Gasteiger partial charge is 0.273 e. The lowest BCUT2D eigenvalue weighted by atomic mass is 10.1. The van der Waals surface area contributed by atoms with Crippen LogP contribution in [0.1, 0.15) is 11.1 Å². The summed E-state index contributed by atoms with van der Waals surface area (Å²) in [4.78, 5) is 37.5. The quantitative estimate of drug-likeness (QED) is 0.669. The highest BCUT2D eigenvalue weighted by Gasteiger charge is 2.36. The van der Waals surface area contributed by atoms with Crippen LogP contribution in [0, 0.1) is 6.92 Å². The SMILES string of the molecule is Cc1ccc(N2C(=O)NC(=O)/C(=C\c3ccsc3)C2=O)cc1Cl. The summed E-state index contributed by atoms with van der Waals surface area (Å²) in [6.07, 6.45) is 1.46. The minimum Gasteiger partial charge on any atom is -0.273 e. The number of barbiturate groups is 1. The fraction of sp³-hybridized carbons (Fsp3) is 0.0625. The number of hydrogen-bond acceptors (Lipinski definition) is 4. The number of imide groups is 2. The van der Waals surface area contributed by atoms with Crippen LogP contribution in [-0.4, -0.2) is 17.8 Å². The third kappa shape index (κ3) is 2.91. The Morgan fingerprint density at radius 2 is 2.00 bits per heavy atom. The maximum Gasteiger partial charge on any atom is 0.335 e. The molecule has 4 amide bonds. The van der Waals surface area contributed by atoms with Crippen LogP contribution in [0.5, 0.6) is 0 Å². The molecule has 1 saturated heterocycles. The van der Waals surface area contributed by atoms with E-state index < -0.39 is 17.8 Å². The lowest BCUT2D eigenvalue weighted by molar-refractivity contribution is -0.122. The largest absolute Gasteiger partial charge is 0.335 e. The Kier molecular flexibility index (Phi) is 4.02. The molecule has 0 saturated carbocycles. The molecule has 2 heterocycles. The van der Waals surface area contributed by atoms with Gasteiger partial charge in [0.25, 0.3) is 11.8 Å². The third-order valence-electron chi connectivity index (χ3n) is 3.37. The van der Waals surface area contributed by atoms with Gasteiger partial charge in [0.1, 0.15) is 5.57 Å². The van der Waals surface area contributed by atoms with E-state index >= 15 is 0 Å². The van der Waals surface area contributed by atoms with Crippen molar-refractivity contribution in [3.8, 4) is 0 Å². The second-order valence-corrected chi connectivity index (χ2v) is 6.14. The van der Waals surface area contributed by atoms with Gasteiger partial charge in [0, 0.05) is 5.02 Å². The second kappa shape index (κ2) is 5.98. The van der Waals surface area contributed by atoms with E-state index in [1.165, 1.54) is 23.5 Å². The summed E-state index contributed by atoms with van der Waals surface area (Å²) in [5, 5.41) is 6.24. The Balaban J connectivity index is 2.03. The number of hydrogen-bond donors (Lipinski definition) is 1. The van der Waals surface area contributed by atoms with Gasteiger partial charge in [-0.3, -0.25) is 14.9 Å². The highest BCUT2D eigenvalue weighted by molar-refractivity contribution is 7.08. The van der Waals surface area contributed by atoms with Crippen molar-refractivity contribution in [2.45, 2.75) is 6.92 Å². The molecule has 1 aromatic heterocycles. The zero-order valence-electron chi connectivity index (χ0n) is 12.0. The van der Waals surface area contributed by atoms with Gasteiger partial charge >= 0.3 is 6.03 Å². The van der Waals surface area contributed by atoms with Crippen LogP contribution in [0.15, 0.2) is 40.6 Å². The molecule has 1 aliphatic heterocycles. The topological polar surface area (TPSA) is 66.5 Å². The standard InChI is InChI=1S/C16H11ClN2O3S/c1-9-2-3-11(7-13(9)17)19-15(21)12(14(20)18-16(19)22)6-10-4-5-23-8-10/h2-8H,1H3,(H,18,20,22)/b12-6+. The Morgan fingerprint density at radius 3 is 2.65 bits per heavy atom. The number of nitrogens with zero attached hydrogens (tertiary/aromatic N) is 1. The van der Waals surface area contributed by atoms with Gasteiger partial charge in [0.2, 0.25) is 0 Å². The van der Waals surface area contributed by atoms with Crippen molar-refractivity contribution in [3.63, 3.8) is 0 Å². The lowest BCUT2D eigenvalue weighted by Gasteiger charge is -2.26. The number of thiophene rings is 1. The fourth-order valence-corrected chi connectivity index (χ4v) is 2.93. The Morgan fingerprint density at radius 1 is 1.22 bits per heavy atom. The van der Waals surface area contributed by atoms with E-state index in [-0.39, 0.29) is 5.57 Å². The predicted molar refractivity (Wildman–Crippen MR) is 89.5 cm³/mol. The van der Waals surface area contributed by atoms with Gasteiger partial charge in [0.15, 0.2) is 0 Å². The van der Waals surface area contributed by atoms with E-state index in [0.717, 1.165) is 16.0 Å². The number of carbonyl (C=O) groups excluding carboxylic acids is 3. The number of benzene rings is 1. The van der Waals surface area contributed by atoms with Crippen molar-refractivity contribution < 1.29 is 14.4 Å². The molecule has 1 fully saturated rings. The van der Waals surface area contributed by atoms with E-state index in [4.69, 9.17) is 11.6 Å². The first-order chi connectivity index (χ1) is 11.0. The van der Waals surface area contributed by atoms with E-state index in [0.29, 0.717) is 10.7 Å². The van der Waals surface area contributed by atoms with Gasteiger partial charge in [0.05, 0.1) is 5.69 Å². The molecule has 0 unspecified atom stereocenters. The maximum absolute atomic E-state index is 12.6. The van der Waals surface area contributed by atoms with Crippen LogP contribution in [0.25, 0.3) is 6.08 Å². The zero-order valence-corrected chi connectivity index (χ0v) is 13.6. The van der Waals surface area contributed by atoms with Gasteiger partial charge in [-0.15, -0.1) is 0 Å². The normalized spacial score (nSPS) is 16.9. The van der Waals surface area contributed by atoms with E-state index in [9.17, 15) is 14.4 Å². The molecule has 0 spiro atoms. The minimum atomic E-state index is -0.789. The van der Waals surface area contributed by atoms with E-state index in [2.05, 4.69) is 5.32 Å². The molecule has 0 radical (unpaired) electrons. The second-order valence-electron chi connectivity index (χ2n) is 4.95. The molecule has 116 valence electrons. The molecule has 1 aromatic carbocycles. The molecular formula is C16H11ClN2O3S. The first-order valence-electron chi connectivity index (χ1n) is 6.67. The number of urea groups is 1. The number of rotatable bonds is 2. The molecule has 3 rings (SSSR count). The molecule has 1 aliphatic rings. The highest BCUT2D eigenvalue weighted by atomic mass is 35.5. The van der Waals surface area contributed by atoms with Crippen LogP contribution >= 0.6 is 22.9 Å². The summed E-state index contributed by atoms with van der Waals surface area (Å²) in [6, 6.07) is 5.82. The summed E-state index contributed by atoms with van der Waals surface area (Å²) in [5.41, 5.74) is 1.77. The third-order valence-corrected chi connectivity index (χ3v) is 4.48. The van der Waals surface area contributed by atoms with Crippen molar-refractivity contribution in [2.75, 3.05) is 4.90 Å².